The van der Waals surface area contributed by atoms with Crippen molar-refractivity contribution in [1.82, 2.24) is 15.0 Å². The Kier molecular flexibility index (Phi) is 5.13. The second kappa shape index (κ2) is 6.87. The number of pyridine rings is 1. The largest absolute Gasteiger partial charge is 0.480 e. The molecule has 0 aliphatic heterocycles. The number of anilines is 1. The van der Waals surface area contributed by atoms with Gasteiger partial charge < -0.3 is 10.4 Å². The molecule has 0 fully saturated rings. The van der Waals surface area contributed by atoms with E-state index < -0.39 is 11.5 Å². The van der Waals surface area contributed by atoms with E-state index in [0.29, 0.717) is 29.7 Å². The first-order chi connectivity index (χ1) is 10.5. The number of nitrogens with one attached hydrogen (secondary N) is 1. The summed E-state index contributed by atoms with van der Waals surface area (Å²) in [6.07, 6.45) is 4.27. The van der Waals surface area contributed by atoms with Gasteiger partial charge in [-0.3, -0.25) is 4.98 Å². The van der Waals surface area contributed by atoms with E-state index >= 15 is 0 Å². The molecule has 1 atom stereocenters. The smallest absolute Gasteiger partial charge is 0.329 e. The quantitative estimate of drug-likeness (QED) is 0.758. The van der Waals surface area contributed by atoms with E-state index in [1.165, 1.54) is 0 Å². The molecule has 2 heterocycles. The van der Waals surface area contributed by atoms with E-state index in [2.05, 4.69) is 20.3 Å². The average Bonchev–Trinajstić information content (AvgIpc) is 2.50. The molecule has 0 aliphatic rings. The van der Waals surface area contributed by atoms with Crippen molar-refractivity contribution < 1.29 is 9.90 Å². The number of carboxylic acid groups (broad SMARTS) is 1. The zero-order valence-corrected chi connectivity index (χ0v) is 13.4. The monoisotopic (exact) mass is 322 g/mol. The minimum absolute atomic E-state index is 0.0638. The Morgan fingerprint density at radius 1 is 1.41 bits per heavy atom. The van der Waals surface area contributed by atoms with Crippen LogP contribution in [0.1, 0.15) is 39.5 Å². The fraction of sp³-hybridized carbons (Fsp3) is 0.467. The van der Waals surface area contributed by atoms with Gasteiger partial charge in [0.1, 0.15) is 11.1 Å². The van der Waals surface area contributed by atoms with Crippen molar-refractivity contribution in [2.75, 3.05) is 5.32 Å². The van der Waals surface area contributed by atoms with Gasteiger partial charge in [-0.05, 0) is 36.6 Å². The molecule has 2 aromatic heterocycles. The lowest BCUT2D eigenvalue weighted by Crippen LogP contribution is -2.46. The predicted octanol–water partition coefficient (Wildman–Crippen LogP) is 3.51. The summed E-state index contributed by atoms with van der Waals surface area (Å²) in [7, 11) is 0. The third-order valence-electron chi connectivity index (χ3n) is 3.76. The van der Waals surface area contributed by atoms with Crippen LogP contribution in [-0.4, -0.2) is 31.6 Å². The van der Waals surface area contributed by atoms with Crippen LogP contribution in [0.25, 0.3) is 11.0 Å². The maximum Gasteiger partial charge on any atom is 0.329 e. The van der Waals surface area contributed by atoms with Crippen molar-refractivity contribution >= 4 is 34.4 Å². The summed E-state index contributed by atoms with van der Waals surface area (Å²) in [4.78, 5) is 24.3. The summed E-state index contributed by atoms with van der Waals surface area (Å²) in [6, 6.07) is 3.51. The highest BCUT2D eigenvalue weighted by Gasteiger charge is 2.37. The molecule has 118 valence electrons. The molecule has 2 N–H and O–H groups in total. The van der Waals surface area contributed by atoms with Gasteiger partial charge in [0, 0.05) is 6.20 Å². The predicted molar refractivity (Wildman–Crippen MR) is 86.1 cm³/mol. The molecule has 2 rings (SSSR count). The highest BCUT2D eigenvalue weighted by atomic mass is 35.5. The van der Waals surface area contributed by atoms with Gasteiger partial charge in [-0.1, -0.05) is 26.7 Å². The number of hydrogen-bond acceptors (Lipinski definition) is 5. The fourth-order valence-corrected chi connectivity index (χ4v) is 2.55. The van der Waals surface area contributed by atoms with E-state index in [9.17, 15) is 9.90 Å². The van der Waals surface area contributed by atoms with Crippen molar-refractivity contribution in [3.8, 4) is 0 Å². The van der Waals surface area contributed by atoms with E-state index in [1.807, 2.05) is 13.8 Å². The fourth-order valence-electron chi connectivity index (χ4n) is 2.37. The molecule has 0 radical (unpaired) electrons. The van der Waals surface area contributed by atoms with Gasteiger partial charge in [0.15, 0.2) is 5.82 Å². The van der Waals surface area contributed by atoms with Gasteiger partial charge in [0.05, 0.1) is 5.52 Å². The second-order valence-corrected chi connectivity index (χ2v) is 5.52. The van der Waals surface area contributed by atoms with E-state index in [0.717, 1.165) is 12.8 Å². The average molecular weight is 323 g/mol. The van der Waals surface area contributed by atoms with Crippen LogP contribution in [0.2, 0.25) is 5.28 Å². The molecule has 0 aromatic carbocycles. The summed E-state index contributed by atoms with van der Waals surface area (Å²) < 4.78 is 0. The molecule has 0 saturated carbocycles. The van der Waals surface area contributed by atoms with E-state index in [-0.39, 0.29) is 5.28 Å². The molecule has 0 amide bonds. The molecule has 0 spiro atoms. The maximum atomic E-state index is 11.8. The number of unbranched alkanes of at least 4 members (excludes halogenated alkanes) is 1. The molecular weight excluding hydrogens is 304 g/mol. The number of hydrogen-bond donors (Lipinski definition) is 2. The topological polar surface area (TPSA) is 88.0 Å². The van der Waals surface area contributed by atoms with Crippen LogP contribution in [0, 0.1) is 0 Å². The number of nitrogens with zero attached hydrogens (tertiary/aromatic N) is 3. The number of fused-ring (bicyclic) bond motifs is 1. The van der Waals surface area contributed by atoms with Gasteiger partial charge in [0.25, 0.3) is 0 Å². The minimum atomic E-state index is -1.09. The van der Waals surface area contributed by atoms with Crippen LogP contribution < -0.4 is 5.32 Å². The molecule has 6 nitrogen and oxygen atoms in total. The van der Waals surface area contributed by atoms with Crippen molar-refractivity contribution in [2.24, 2.45) is 0 Å². The molecule has 2 aromatic rings. The van der Waals surface area contributed by atoms with Crippen LogP contribution >= 0.6 is 11.6 Å². The molecule has 7 heteroatoms. The van der Waals surface area contributed by atoms with Gasteiger partial charge >= 0.3 is 5.97 Å². The Hall–Kier alpha value is -1.95. The Morgan fingerprint density at radius 2 is 2.18 bits per heavy atom. The van der Waals surface area contributed by atoms with Crippen LogP contribution in [0.4, 0.5) is 5.82 Å². The summed E-state index contributed by atoms with van der Waals surface area (Å²) in [5.41, 5.74) is 0.0105. The zero-order chi connectivity index (χ0) is 16.2. The standard InChI is InChI=1S/C15H19ClN4O2/c1-3-5-8-15(4-2,13(21)22)20-12-11-10(7-6-9-17-11)18-14(16)19-12/h6-7,9H,3-5,8H2,1-2H3,(H,21,22)(H,18,19,20). The van der Waals surface area contributed by atoms with Crippen LogP contribution in [0.3, 0.4) is 0 Å². The van der Waals surface area contributed by atoms with Gasteiger partial charge in [-0.15, -0.1) is 0 Å². The van der Waals surface area contributed by atoms with E-state index in [1.54, 1.807) is 18.3 Å². The Bertz CT molecular complexity index is 680. The number of halogens is 1. The van der Waals surface area contributed by atoms with Gasteiger partial charge in [-0.25, -0.2) is 9.78 Å². The summed E-state index contributed by atoms with van der Waals surface area (Å²) in [5, 5.41) is 12.8. The summed E-state index contributed by atoms with van der Waals surface area (Å²) in [6.45, 7) is 3.87. The molecular formula is C15H19ClN4O2. The first-order valence-electron chi connectivity index (χ1n) is 7.32. The number of carboxylic acids is 1. The number of rotatable bonds is 7. The highest BCUT2D eigenvalue weighted by Crippen LogP contribution is 2.28. The Balaban J connectivity index is 2.48. The third kappa shape index (κ3) is 3.27. The summed E-state index contributed by atoms with van der Waals surface area (Å²) >= 11 is 5.94. The lowest BCUT2D eigenvalue weighted by atomic mass is 9.89. The first kappa shape index (κ1) is 16.4. The third-order valence-corrected chi connectivity index (χ3v) is 3.92. The number of aromatic nitrogens is 3. The Labute approximate surface area is 134 Å². The SMILES string of the molecule is CCCCC(CC)(Nc1nc(Cl)nc2cccnc12)C(=O)O. The van der Waals surface area contributed by atoms with Gasteiger partial charge in [0.2, 0.25) is 5.28 Å². The molecule has 1 unspecified atom stereocenters. The normalized spacial score (nSPS) is 13.8. The summed E-state index contributed by atoms with van der Waals surface area (Å²) in [5.74, 6) is -0.543. The second-order valence-electron chi connectivity index (χ2n) is 5.18. The van der Waals surface area contributed by atoms with Crippen LogP contribution in [-0.2, 0) is 4.79 Å². The van der Waals surface area contributed by atoms with Crippen LogP contribution in [0.5, 0.6) is 0 Å². The minimum Gasteiger partial charge on any atom is -0.480 e. The van der Waals surface area contributed by atoms with Crippen LogP contribution in [0.15, 0.2) is 18.3 Å². The molecule has 0 bridgehead atoms. The van der Waals surface area contributed by atoms with Crippen molar-refractivity contribution in [1.29, 1.82) is 0 Å². The lowest BCUT2D eigenvalue weighted by Gasteiger charge is -2.30. The number of carbonyl (C=O) groups is 1. The zero-order valence-electron chi connectivity index (χ0n) is 12.6. The van der Waals surface area contributed by atoms with Gasteiger partial charge in [-0.2, -0.15) is 4.98 Å². The van der Waals surface area contributed by atoms with Crippen molar-refractivity contribution in [3.05, 3.63) is 23.6 Å². The first-order valence-corrected chi connectivity index (χ1v) is 7.70. The number of aliphatic carboxylic acids is 1. The Morgan fingerprint density at radius 3 is 2.82 bits per heavy atom. The van der Waals surface area contributed by atoms with Crippen molar-refractivity contribution in [2.45, 2.75) is 45.1 Å². The molecule has 0 aliphatic carbocycles. The molecule has 22 heavy (non-hydrogen) atoms. The van der Waals surface area contributed by atoms with E-state index in [4.69, 9.17) is 11.6 Å². The van der Waals surface area contributed by atoms with Crippen molar-refractivity contribution in [3.63, 3.8) is 0 Å². The molecule has 0 saturated heterocycles. The highest BCUT2D eigenvalue weighted by molar-refractivity contribution is 6.28. The maximum absolute atomic E-state index is 11.8. The lowest BCUT2D eigenvalue weighted by molar-refractivity contribution is -0.142.